The summed E-state index contributed by atoms with van der Waals surface area (Å²) in [7, 11) is 0. The van der Waals surface area contributed by atoms with Gasteiger partial charge >= 0.3 is 0 Å². The molecule has 5 heteroatoms. The van der Waals surface area contributed by atoms with E-state index in [1.807, 2.05) is 49.4 Å². The second kappa shape index (κ2) is 6.98. The molecular weight excluding hydrogens is 294 g/mol. The largest absolute Gasteiger partial charge is 0.464 e. The number of hydrogen-bond donors (Lipinski definition) is 1. The Kier molecular flexibility index (Phi) is 4.79. The fraction of sp³-hybridized carbons (Fsp3) is 0.389. The van der Waals surface area contributed by atoms with Crippen molar-refractivity contribution in [1.29, 1.82) is 0 Å². The van der Waals surface area contributed by atoms with Crippen LogP contribution in [0.15, 0.2) is 46.9 Å². The lowest BCUT2D eigenvalue weighted by Crippen LogP contribution is -2.43. The number of amides is 1. The van der Waals surface area contributed by atoms with Gasteiger partial charge in [-0.2, -0.15) is 0 Å². The number of aliphatic hydroxyl groups is 1. The smallest absolute Gasteiger partial charge is 0.226 e. The van der Waals surface area contributed by atoms with Crippen LogP contribution in [0.2, 0.25) is 0 Å². The summed E-state index contributed by atoms with van der Waals surface area (Å²) in [6.07, 6.45) is -0.745. The normalized spacial score (nSPS) is 19.6. The van der Waals surface area contributed by atoms with E-state index < -0.39 is 6.10 Å². The average Bonchev–Trinajstić information content (AvgIpc) is 3.02. The first-order chi connectivity index (χ1) is 11.1. The van der Waals surface area contributed by atoms with Gasteiger partial charge in [-0.3, -0.25) is 4.79 Å². The molecule has 1 aliphatic heterocycles. The van der Waals surface area contributed by atoms with Gasteiger partial charge in [0.2, 0.25) is 5.91 Å². The first-order valence-electron chi connectivity index (χ1n) is 7.81. The number of rotatable bonds is 4. The predicted octanol–water partition coefficient (Wildman–Crippen LogP) is 2.61. The van der Waals surface area contributed by atoms with Crippen molar-refractivity contribution in [1.82, 2.24) is 4.90 Å². The molecule has 2 unspecified atom stereocenters. The van der Waals surface area contributed by atoms with Crippen molar-refractivity contribution in [2.24, 2.45) is 0 Å². The Morgan fingerprint density at radius 1 is 1.30 bits per heavy atom. The van der Waals surface area contributed by atoms with Crippen LogP contribution in [-0.2, 0) is 9.53 Å². The molecule has 0 spiro atoms. The van der Waals surface area contributed by atoms with Gasteiger partial charge in [0.15, 0.2) is 0 Å². The Bertz CT molecular complexity index is 652. The molecule has 2 atom stereocenters. The lowest BCUT2D eigenvalue weighted by molar-refractivity contribution is -0.143. The summed E-state index contributed by atoms with van der Waals surface area (Å²) in [5, 5.41) is 10.3. The maximum absolute atomic E-state index is 12.6. The molecule has 1 aliphatic rings. The molecule has 1 saturated heterocycles. The second-order valence-corrected chi connectivity index (χ2v) is 5.76. The van der Waals surface area contributed by atoms with E-state index in [-0.39, 0.29) is 18.4 Å². The first-order valence-corrected chi connectivity index (χ1v) is 7.81. The summed E-state index contributed by atoms with van der Waals surface area (Å²) in [4.78, 5) is 14.4. The Labute approximate surface area is 135 Å². The monoisotopic (exact) mass is 315 g/mol. The van der Waals surface area contributed by atoms with Crippen molar-refractivity contribution in [3.63, 3.8) is 0 Å². The maximum atomic E-state index is 12.6. The van der Waals surface area contributed by atoms with E-state index in [2.05, 4.69) is 0 Å². The number of aliphatic hydroxyl groups excluding tert-OH is 1. The summed E-state index contributed by atoms with van der Waals surface area (Å²) < 4.78 is 11.2. The number of benzene rings is 1. The molecular formula is C18H21NO4. The summed E-state index contributed by atoms with van der Waals surface area (Å²) in [5.74, 6) is 1.44. The zero-order valence-corrected chi connectivity index (χ0v) is 13.1. The minimum atomic E-state index is -0.800. The van der Waals surface area contributed by atoms with E-state index in [1.165, 1.54) is 0 Å². The van der Waals surface area contributed by atoms with Crippen LogP contribution in [0.5, 0.6) is 0 Å². The number of nitrogens with zero attached hydrogens (tertiary/aromatic N) is 1. The highest BCUT2D eigenvalue weighted by atomic mass is 16.5. The van der Waals surface area contributed by atoms with Gasteiger partial charge in [0.05, 0.1) is 25.7 Å². The molecule has 0 saturated carbocycles. The summed E-state index contributed by atoms with van der Waals surface area (Å²) >= 11 is 0. The zero-order chi connectivity index (χ0) is 16.2. The fourth-order valence-corrected chi connectivity index (χ4v) is 2.85. The molecule has 0 aliphatic carbocycles. The van der Waals surface area contributed by atoms with Gasteiger partial charge in [-0.15, -0.1) is 0 Å². The molecule has 1 amide bonds. The van der Waals surface area contributed by atoms with Gasteiger partial charge in [0, 0.05) is 6.54 Å². The van der Waals surface area contributed by atoms with Gasteiger partial charge in [0.25, 0.3) is 0 Å². The van der Waals surface area contributed by atoms with E-state index in [9.17, 15) is 9.90 Å². The number of carbonyl (C=O) groups is 1. The van der Waals surface area contributed by atoms with E-state index in [0.29, 0.717) is 19.8 Å². The molecule has 23 heavy (non-hydrogen) atoms. The number of morpholine rings is 1. The predicted molar refractivity (Wildman–Crippen MR) is 84.7 cm³/mol. The van der Waals surface area contributed by atoms with Crippen LogP contribution in [0.1, 0.15) is 35.7 Å². The lowest BCUT2D eigenvalue weighted by atomic mass is 10.0. The van der Waals surface area contributed by atoms with Crippen molar-refractivity contribution in [2.45, 2.75) is 25.5 Å². The number of ether oxygens (including phenoxy) is 1. The van der Waals surface area contributed by atoms with Crippen molar-refractivity contribution in [3.05, 3.63) is 59.5 Å². The average molecular weight is 315 g/mol. The third-order valence-corrected chi connectivity index (χ3v) is 4.09. The Morgan fingerprint density at radius 2 is 2.09 bits per heavy atom. The van der Waals surface area contributed by atoms with E-state index in [0.717, 1.165) is 17.1 Å². The number of furan rings is 1. The van der Waals surface area contributed by atoms with Gasteiger partial charge in [0.1, 0.15) is 17.6 Å². The Hall–Kier alpha value is -2.11. The Morgan fingerprint density at radius 3 is 2.78 bits per heavy atom. The van der Waals surface area contributed by atoms with Crippen molar-refractivity contribution in [3.8, 4) is 0 Å². The van der Waals surface area contributed by atoms with Gasteiger partial charge in [-0.1, -0.05) is 30.3 Å². The zero-order valence-electron chi connectivity index (χ0n) is 13.1. The molecule has 0 bridgehead atoms. The highest BCUT2D eigenvalue weighted by Gasteiger charge is 2.31. The maximum Gasteiger partial charge on any atom is 0.226 e. The second-order valence-electron chi connectivity index (χ2n) is 5.76. The Balaban J connectivity index is 1.71. The van der Waals surface area contributed by atoms with Gasteiger partial charge in [-0.25, -0.2) is 0 Å². The molecule has 1 aromatic carbocycles. The number of hydrogen-bond acceptors (Lipinski definition) is 4. The summed E-state index contributed by atoms with van der Waals surface area (Å²) in [6.45, 7) is 3.30. The van der Waals surface area contributed by atoms with Crippen LogP contribution in [0.25, 0.3) is 0 Å². The molecule has 2 heterocycles. The summed E-state index contributed by atoms with van der Waals surface area (Å²) in [5.41, 5.74) is 0.750. The molecule has 5 nitrogen and oxygen atoms in total. The van der Waals surface area contributed by atoms with Gasteiger partial charge < -0.3 is 19.2 Å². The quantitative estimate of drug-likeness (QED) is 0.942. The van der Waals surface area contributed by atoms with Crippen molar-refractivity contribution in [2.75, 3.05) is 19.8 Å². The van der Waals surface area contributed by atoms with E-state index >= 15 is 0 Å². The van der Waals surface area contributed by atoms with Crippen molar-refractivity contribution < 1.29 is 19.1 Å². The van der Waals surface area contributed by atoms with E-state index in [4.69, 9.17) is 9.15 Å². The number of aryl methyl sites for hydroxylation is 1. The fourth-order valence-electron chi connectivity index (χ4n) is 2.85. The third kappa shape index (κ3) is 3.63. The highest BCUT2D eigenvalue weighted by molar-refractivity contribution is 5.77. The first kappa shape index (κ1) is 15.8. The molecule has 2 aromatic rings. The van der Waals surface area contributed by atoms with E-state index in [1.54, 1.807) is 4.90 Å². The highest BCUT2D eigenvalue weighted by Crippen LogP contribution is 2.28. The topological polar surface area (TPSA) is 62.9 Å². The van der Waals surface area contributed by atoms with Crippen LogP contribution in [0.3, 0.4) is 0 Å². The minimum Gasteiger partial charge on any atom is -0.464 e. The molecule has 1 fully saturated rings. The van der Waals surface area contributed by atoms with Crippen LogP contribution in [-0.4, -0.2) is 35.7 Å². The van der Waals surface area contributed by atoms with Crippen LogP contribution in [0.4, 0.5) is 0 Å². The lowest BCUT2D eigenvalue weighted by Gasteiger charge is -2.35. The van der Waals surface area contributed by atoms with Crippen LogP contribution in [0, 0.1) is 6.92 Å². The molecule has 1 aromatic heterocycles. The van der Waals surface area contributed by atoms with Gasteiger partial charge in [-0.05, 0) is 24.6 Å². The van der Waals surface area contributed by atoms with Crippen LogP contribution >= 0.6 is 0 Å². The SMILES string of the molecule is Cc1ccc(C2COCCN2C(=O)CC(O)c2ccccc2)o1. The molecule has 122 valence electrons. The summed E-state index contributed by atoms with van der Waals surface area (Å²) in [6, 6.07) is 12.8. The molecule has 1 N–H and O–H groups in total. The minimum absolute atomic E-state index is 0.0558. The molecule has 3 rings (SSSR count). The third-order valence-electron chi connectivity index (χ3n) is 4.09. The van der Waals surface area contributed by atoms with Crippen molar-refractivity contribution >= 4 is 5.91 Å². The van der Waals surface area contributed by atoms with Crippen LogP contribution < -0.4 is 0 Å². The molecule has 0 radical (unpaired) electrons. The standard InChI is InChI=1S/C18H21NO4/c1-13-7-8-17(23-13)15-12-22-10-9-19(15)18(21)11-16(20)14-5-3-2-4-6-14/h2-8,15-16,20H,9-12H2,1H3. The number of carbonyl (C=O) groups excluding carboxylic acids is 1.